The van der Waals surface area contributed by atoms with Crippen molar-refractivity contribution in [2.24, 2.45) is 0 Å². The summed E-state index contributed by atoms with van der Waals surface area (Å²) in [7, 11) is 0. The van der Waals surface area contributed by atoms with Gasteiger partial charge in [0.05, 0.1) is 0 Å². The third-order valence-electron chi connectivity index (χ3n) is 4.88. The summed E-state index contributed by atoms with van der Waals surface area (Å²) < 4.78 is 13.8. The van der Waals surface area contributed by atoms with E-state index >= 15 is 0 Å². The van der Waals surface area contributed by atoms with Gasteiger partial charge in [-0.2, -0.15) is 0 Å². The summed E-state index contributed by atoms with van der Waals surface area (Å²) in [5.74, 6) is 1.57. The van der Waals surface area contributed by atoms with Crippen LogP contribution in [0, 0.1) is 12.7 Å². The molecule has 0 bridgehead atoms. The second-order valence-corrected chi connectivity index (χ2v) is 6.86. The van der Waals surface area contributed by atoms with E-state index in [1.807, 2.05) is 30.3 Å². The Labute approximate surface area is 168 Å². The van der Waals surface area contributed by atoms with Gasteiger partial charge in [0.15, 0.2) is 11.6 Å². The van der Waals surface area contributed by atoms with Gasteiger partial charge in [-0.05, 0) is 48.9 Å². The number of piperazine rings is 1. The number of hydrogen-bond donors (Lipinski definition) is 1. The van der Waals surface area contributed by atoms with Crippen LogP contribution in [0.25, 0.3) is 0 Å². The molecule has 0 radical (unpaired) electrons. The first kappa shape index (κ1) is 18.8. The van der Waals surface area contributed by atoms with Gasteiger partial charge in [-0.1, -0.05) is 12.1 Å². The molecule has 0 spiro atoms. The average molecular weight is 392 g/mol. The van der Waals surface area contributed by atoms with Crippen molar-refractivity contribution in [2.45, 2.75) is 6.92 Å². The van der Waals surface area contributed by atoms with Crippen molar-refractivity contribution in [1.82, 2.24) is 20.1 Å². The summed E-state index contributed by atoms with van der Waals surface area (Å²) in [6, 6.07) is 14.0. The highest BCUT2D eigenvalue weighted by atomic mass is 19.1. The molecule has 0 unspecified atom stereocenters. The molecule has 1 aliphatic heterocycles. The fourth-order valence-electron chi connectivity index (χ4n) is 3.18. The number of anilines is 3. The number of benzene rings is 1. The molecule has 1 aliphatic rings. The molecular formula is C21H21FN6O. The maximum absolute atomic E-state index is 13.8. The lowest BCUT2D eigenvalue weighted by molar-refractivity contribution is 0.0746. The predicted molar refractivity (Wildman–Crippen MR) is 109 cm³/mol. The fraction of sp³-hybridized carbons (Fsp3) is 0.238. The zero-order valence-corrected chi connectivity index (χ0v) is 16.0. The van der Waals surface area contributed by atoms with Gasteiger partial charge in [0, 0.05) is 37.9 Å². The van der Waals surface area contributed by atoms with Crippen LogP contribution in [-0.4, -0.2) is 52.2 Å². The van der Waals surface area contributed by atoms with Gasteiger partial charge in [-0.15, -0.1) is 10.2 Å². The smallest absolute Gasteiger partial charge is 0.254 e. The quantitative estimate of drug-likeness (QED) is 0.736. The summed E-state index contributed by atoms with van der Waals surface area (Å²) in [6.45, 7) is 4.05. The first-order valence-corrected chi connectivity index (χ1v) is 9.42. The maximum Gasteiger partial charge on any atom is 0.254 e. The number of halogens is 1. The van der Waals surface area contributed by atoms with Gasteiger partial charge in [-0.25, -0.2) is 9.37 Å². The Bertz CT molecular complexity index is 988. The summed E-state index contributed by atoms with van der Waals surface area (Å²) in [5, 5.41) is 11.6. The second kappa shape index (κ2) is 8.22. The summed E-state index contributed by atoms with van der Waals surface area (Å²) in [4.78, 5) is 20.6. The van der Waals surface area contributed by atoms with E-state index in [0.29, 0.717) is 48.9 Å². The Kier molecular flexibility index (Phi) is 5.33. The lowest BCUT2D eigenvalue weighted by atomic mass is 10.1. The predicted octanol–water partition coefficient (Wildman–Crippen LogP) is 3.03. The minimum Gasteiger partial charge on any atom is -0.352 e. The molecule has 1 fully saturated rings. The molecule has 0 atom stereocenters. The number of carbonyl (C=O) groups is 1. The lowest BCUT2D eigenvalue weighted by Gasteiger charge is -2.35. The minimum absolute atomic E-state index is 0.149. The molecule has 1 amide bonds. The average Bonchev–Trinajstić information content (AvgIpc) is 2.77. The van der Waals surface area contributed by atoms with Gasteiger partial charge in [0.25, 0.3) is 5.91 Å². The van der Waals surface area contributed by atoms with Gasteiger partial charge in [0.1, 0.15) is 11.6 Å². The normalized spacial score (nSPS) is 14.0. The van der Waals surface area contributed by atoms with Gasteiger partial charge >= 0.3 is 0 Å². The van der Waals surface area contributed by atoms with E-state index in [4.69, 9.17) is 0 Å². The van der Waals surface area contributed by atoms with Crippen LogP contribution >= 0.6 is 0 Å². The Morgan fingerprint density at radius 2 is 1.83 bits per heavy atom. The molecule has 148 valence electrons. The molecule has 1 aromatic carbocycles. The van der Waals surface area contributed by atoms with Crippen LogP contribution in [0.3, 0.4) is 0 Å². The monoisotopic (exact) mass is 392 g/mol. The van der Waals surface area contributed by atoms with Crippen molar-refractivity contribution >= 4 is 23.4 Å². The third kappa shape index (κ3) is 4.31. The number of pyridine rings is 1. The summed E-state index contributed by atoms with van der Waals surface area (Å²) in [5.41, 5.74) is 0.914. The molecule has 3 heterocycles. The van der Waals surface area contributed by atoms with E-state index in [1.165, 1.54) is 6.07 Å². The van der Waals surface area contributed by atoms with Crippen LogP contribution in [0.4, 0.5) is 21.8 Å². The maximum atomic E-state index is 13.8. The number of carbonyl (C=O) groups excluding carboxylic acids is 1. The van der Waals surface area contributed by atoms with E-state index < -0.39 is 0 Å². The van der Waals surface area contributed by atoms with E-state index in [2.05, 4.69) is 25.4 Å². The highest BCUT2D eigenvalue weighted by molar-refractivity contribution is 5.94. The Hall–Kier alpha value is -3.55. The summed E-state index contributed by atoms with van der Waals surface area (Å²) in [6.07, 6.45) is 1.70. The largest absolute Gasteiger partial charge is 0.352 e. The van der Waals surface area contributed by atoms with Gasteiger partial charge in [0.2, 0.25) is 0 Å². The number of nitrogens with one attached hydrogen (secondary N) is 1. The van der Waals surface area contributed by atoms with Crippen molar-refractivity contribution in [1.29, 1.82) is 0 Å². The molecular weight excluding hydrogens is 371 g/mol. The van der Waals surface area contributed by atoms with Crippen LogP contribution in [0.15, 0.2) is 54.7 Å². The summed E-state index contributed by atoms with van der Waals surface area (Å²) >= 11 is 0. The SMILES string of the molecule is Cc1ccc(C(=O)N2CCN(c3ccc(Nc4ccccn4)nn3)CC2)cc1F. The van der Waals surface area contributed by atoms with E-state index in [1.54, 1.807) is 30.2 Å². The fourth-order valence-corrected chi connectivity index (χ4v) is 3.18. The molecule has 1 N–H and O–H groups in total. The van der Waals surface area contributed by atoms with Crippen molar-refractivity contribution < 1.29 is 9.18 Å². The number of aryl methyl sites for hydroxylation is 1. The number of rotatable bonds is 4. The van der Waals surface area contributed by atoms with E-state index in [0.717, 1.165) is 5.82 Å². The molecule has 1 saturated heterocycles. The molecule has 8 heteroatoms. The molecule has 3 aromatic rings. The first-order chi connectivity index (χ1) is 14.1. The second-order valence-electron chi connectivity index (χ2n) is 6.86. The topological polar surface area (TPSA) is 74.2 Å². The molecule has 0 aliphatic carbocycles. The first-order valence-electron chi connectivity index (χ1n) is 9.42. The van der Waals surface area contributed by atoms with E-state index in [-0.39, 0.29) is 11.7 Å². The van der Waals surface area contributed by atoms with Gasteiger partial charge < -0.3 is 15.1 Å². The van der Waals surface area contributed by atoms with Gasteiger partial charge in [-0.3, -0.25) is 4.79 Å². The standard InChI is InChI=1S/C21H21FN6O/c1-15-5-6-16(14-17(15)22)21(29)28-12-10-27(11-13-28)20-8-7-19(25-26-20)24-18-4-2-3-9-23-18/h2-9,14H,10-13H2,1H3,(H,23,24,25). The Balaban J connectivity index is 1.35. The van der Waals surface area contributed by atoms with E-state index in [9.17, 15) is 9.18 Å². The van der Waals surface area contributed by atoms with Crippen molar-refractivity contribution in [3.8, 4) is 0 Å². The minimum atomic E-state index is -0.357. The highest BCUT2D eigenvalue weighted by Gasteiger charge is 2.23. The van der Waals surface area contributed by atoms with Crippen molar-refractivity contribution in [3.05, 3.63) is 71.7 Å². The van der Waals surface area contributed by atoms with Crippen LogP contribution in [0.5, 0.6) is 0 Å². The number of amides is 1. The number of nitrogens with zero attached hydrogens (tertiary/aromatic N) is 5. The molecule has 29 heavy (non-hydrogen) atoms. The molecule has 2 aromatic heterocycles. The van der Waals surface area contributed by atoms with Crippen LogP contribution in [0.1, 0.15) is 15.9 Å². The molecule has 0 saturated carbocycles. The number of aromatic nitrogens is 3. The van der Waals surface area contributed by atoms with Crippen LogP contribution < -0.4 is 10.2 Å². The number of hydrogen-bond acceptors (Lipinski definition) is 6. The van der Waals surface area contributed by atoms with Crippen LogP contribution in [0.2, 0.25) is 0 Å². The Morgan fingerprint density at radius 1 is 1.00 bits per heavy atom. The molecule has 4 rings (SSSR count). The molecule has 7 nitrogen and oxygen atoms in total. The lowest BCUT2D eigenvalue weighted by Crippen LogP contribution is -2.49. The van der Waals surface area contributed by atoms with Crippen LogP contribution in [-0.2, 0) is 0 Å². The zero-order chi connectivity index (χ0) is 20.2. The Morgan fingerprint density at radius 3 is 2.48 bits per heavy atom. The van der Waals surface area contributed by atoms with Crippen molar-refractivity contribution in [2.75, 3.05) is 36.4 Å². The third-order valence-corrected chi connectivity index (χ3v) is 4.88. The van der Waals surface area contributed by atoms with Crippen molar-refractivity contribution in [3.63, 3.8) is 0 Å². The zero-order valence-electron chi connectivity index (χ0n) is 16.0. The highest BCUT2D eigenvalue weighted by Crippen LogP contribution is 2.18.